The number of ketones is 1. The van der Waals surface area contributed by atoms with Crippen molar-refractivity contribution in [2.45, 2.75) is 69.2 Å². The summed E-state index contributed by atoms with van der Waals surface area (Å²) in [5.41, 5.74) is 4.15. The average Bonchev–Trinajstić information content (AvgIpc) is 3.64. The lowest BCUT2D eigenvalue weighted by molar-refractivity contribution is -0.144. The van der Waals surface area contributed by atoms with Gasteiger partial charge in [-0.2, -0.15) is 4.31 Å². The highest BCUT2D eigenvalue weighted by Crippen LogP contribution is 2.61. The molecule has 31 heteroatoms. The van der Waals surface area contributed by atoms with E-state index in [1.54, 1.807) is 0 Å². The topological polar surface area (TPSA) is 421 Å². The van der Waals surface area contributed by atoms with Crippen molar-refractivity contribution in [3.63, 3.8) is 0 Å². The fourth-order valence-electron chi connectivity index (χ4n) is 4.83. The van der Waals surface area contributed by atoms with Crippen molar-refractivity contribution in [1.82, 2.24) is 30.2 Å². The summed E-state index contributed by atoms with van der Waals surface area (Å²) >= 11 is 0.618. The predicted octanol–water partition coefficient (Wildman–Crippen LogP) is -2.11. The minimum Gasteiger partial charge on any atom is -0.481 e. The van der Waals surface area contributed by atoms with Gasteiger partial charge >= 0.3 is 29.4 Å². The summed E-state index contributed by atoms with van der Waals surface area (Å²) in [6.45, 7) is 0.943. The van der Waals surface area contributed by atoms with Crippen LogP contribution < -0.4 is 16.4 Å². The van der Waals surface area contributed by atoms with Crippen LogP contribution in [0.5, 0.6) is 0 Å². The first-order chi connectivity index (χ1) is 26.2. The fourth-order valence-corrected chi connectivity index (χ4v) is 8.63. The summed E-state index contributed by atoms with van der Waals surface area (Å²) in [6.07, 6.45) is -8.09. The van der Waals surface area contributed by atoms with E-state index in [2.05, 4.69) is 34.4 Å². The van der Waals surface area contributed by atoms with Crippen LogP contribution >= 0.6 is 35.2 Å². The number of nitrogens with zero attached hydrogens (tertiary/aromatic N) is 4. The van der Waals surface area contributed by atoms with Gasteiger partial charge in [0.1, 0.15) is 36.3 Å². The van der Waals surface area contributed by atoms with Gasteiger partial charge in [-0.3, -0.25) is 37.3 Å². The number of imidazole rings is 1. The zero-order valence-electron chi connectivity index (χ0n) is 30.1. The maximum Gasteiger partial charge on any atom is 0.481 e. The molecule has 3 rings (SSSR count). The number of rotatable bonds is 23. The molecule has 1 aliphatic heterocycles. The molecule has 0 radical (unpaired) electrons. The number of hydrogen-bond acceptors (Lipinski definition) is 20. The number of carboxylic acid groups (broad SMARTS) is 1. The number of aliphatic carboxylic acids is 1. The van der Waals surface area contributed by atoms with Crippen LogP contribution in [0.25, 0.3) is 11.2 Å². The first-order valence-corrected chi connectivity index (χ1v) is 21.7. The highest BCUT2D eigenvalue weighted by molar-refractivity contribution is 8.01. The number of nitrogens with two attached hydrogens (primary N) is 1. The maximum absolute atomic E-state index is 12.7. The third-order valence-corrected chi connectivity index (χ3v) is 12.2. The van der Waals surface area contributed by atoms with Crippen molar-refractivity contribution in [3.8, 4) is 0 Å². The number of carbonyl (C=O) groups excluding carboxylic acids is 3. The van der Waals surface area contributed by atoms with Gasteiger partial charge in [0.15, 0.2) is 28.4 Å². The summed E-state index contributed by atoms with van der Waals surface area (Å²) in [5, 5.41) is 45.1. The van der Waals surface area contributed by atoms with Crippen LogP contribution in [0.4, 0.5) is 5.82 Å². The highest BCUT2D eigenvalue weighted by atomic mass is 32.2. The molecule has 0 aromatic carbocycles. The van der Waals surface area contributed by atoms with Gasteiger partial charge in [-0.15, -0.1) is 11.8 Å². The number of phosphoric acid groups is 3. The first kappa shape index (κ1) is 48.4. The SMILES string of the molecule is CC(=O)C(O)(CC(=O)O)SCCNC(=O)CCNC(=O)C(O)C(C)(C)COP(=O)(O)OP(=O)(O)OC[C@H]1O[C@@H](n2cnc3c(N)ncnc32)[C@H](O)[C@@H]1OP(=O)(O)O. The number of aliphatic hydroxyl groups is 3. The first-order valence-electron chi connectivity index (χ1n) is 16.1. The molecule has 0 saturated carbocycles. The summed E-state index contributed by atoms with van der Waals surface area (Å²) in [4.78, 5) is 95.8. The lowest BCUT2D eigenvalue weighted by Gasteiger charge is -2.30. The van der Waals surface area contributed by atoms with E-state index < -0.39 is 108 Å². The van der Waals surface area contributed by atoms with E-state index >= 15 is 0 Å². The van der Waals surface area contributed by atoms with E-state index in [-0.39, 0.29) is 42.2 Å². The van der Waals surface area contributed by atoms with Gasteiger partial charge in [0.2, 0.25) is 11.8 Å². The molecular weight excluding hydrogens is 855 g/mol. The Morgan fingerprint density at radius 2 is 1.70 bits per heavy atom. The minimum atomic E-state index is -5.61. The molecule has 1 aliphatic rings. The van der Waals surface area contributed by atoms with E-state index in [1.807, 2.05) is 0 Å². The van der Waals surface area contributed by atoms with E-state index in [1.165, 1.54) is 13.8 Å². The number of carbonyl (C=O) groups is 4. The van der Waals surface area contributed by atoms with E-state index in [0.717, 1.165) is 24.1 Å². The number of carboxylic acids is 1. The van der Waals surface area contributed by atoms with Gasteiger partial charge in [-0.05, 0) is 6.92 Å². The summed E-state index contributed by atoms with van der Waals surface area (Å²) in [7, 11) is -16.5. The van der Waals surface area contributed by atoms with Gasteiger partial charge in [0.25, 0.3) is 0 Å². The summed E-state index contributed by atoms with van der Waals surface area (Å²) in [5.74, 6) is -3.93. The number of amides is 2. The highest BCUT2D eigenvalue weighted by Gasteiger charge is 2.50. The van der Waals surface area contributed by atoms with Crippen molar-refractivity contribution in [2.24, 2.45) is 5.41 Å². The Balaban J connectivity index is 1.50. The number of ether oxygens (including phenoxy) is 1. The lowest BCUT2D eigenvalue weighted by atomic mass is 9.87. The Hall–Kier alpha value is -3.01. The fraction of sp³-hybridized carbons (Fsp3) is 0.654. The Labute approximate surface area is 326 Å². The number of aromatic nitrogens is 4. The Morgan fingerprint density at radius 3 is 2.32 bits per heavy atom. The number of fused-ring (bicyclic) bond motifs is 1. The number of thioether (sulfide) groups is 1. The second-order valence-electron chi connectivity index (χ2n) is 12.8. The second-order valence-corrected chi connectivity index (χ2v) is 18.4. The largest absolute Gasteiger partial charge is 0.481 e. The molecule has 0 spiro atoms. The summed E-state index contributed by atoms with van der Waals surface area (Å²) < 4.78 is 61.9. The minimum absolute atomic E-state index is 0.0125. The monoisotopic (exact) mass is 897 g/mol. The van der Waals surface area contributed by atoms with Crippen molar-refractivity contribution < 1.29 is 95.5 Å². The van der Waals surface area contributed by atoms with Crippen LogP contribution in [0, 0.1) is 5.41 Å². The van der Waals surface area contributed by atoms with Crippen LogP contribution in [-0.2, 0) is 55.5 Å². The number of phosphoric ester groups is 3. The number of hydrogen-bond donors (Lipinski definition) is 11. The van der Waals surface area contributed by atoms with Crippen LogP contribution in [0.2, 0.25) is 0 Å². The van der Waals surface area contributed by atoms with E-state index in [9.17, 15) is 67.8 Å². The molecule has 2 aromatic heterocycles. The Bertz CT molecular complexity index is 1930. The van der Waals surface area contributed by atoms with Gasteiger partial charge < -0.3 is 61.1 Å². The summed E-state index contributed by atoms with van der Waals surface area (Å²) in [6, 6.07) is 0. The van der Waals surface area contributed by atoms with Gasteiger partial charge in [0, 0.05) is 30.7 Å². The van der Waals surface area contributed by atoms with Gasteiger partial charge in [-0.25, -0.2) is 28.6 Å². The second kappa shape index (κ2) is 19.4. The number of nitrogen functional groups attached to an aromatic ring is 1. The van der Waals surface area contributed by atoms with Gasteiger partial charge in [0.05, 0.1) is 26.0 Å². The molecule has 1 fully saturated rings. The quantitative estimate of drug-likeness (QED) is 0.0323. The Kier molecular flexibility index (Phi) is 16.4. The standard InChI is InChI=1S/C26H42N7O20P3S/c1-13(34)26(41,8-16(36)37)57-7-6-28-15(35)4-5-29-23(40)20(39)25(2,3)10-50-56(47,48)53-55(45,46)49-9-14-19(52-54(42,43)44)18(38)24(51-14)33-12-32-17-21(27)30-11-31-22(17)33/h11-12,14,18-20,24,38-39,41H,4-10H2,1-3H3,(H,28,35)(H,29,40)(H,36,37)(H,45,46)(H,47,48)(H2,27,30,31)(H2,42,43,44)/t14-,18-,19-,20?,24-,26?/m1/s1. The lowest BCUT2D eigenvalue weighted by Crippen LogP contribution is -2.46. The Morgan fingerprint density at radius 1 is 1.05 bits per heavy atom. The molecule has 0 bridgehead atoms. The zero-order chi connectivity index (χ0) is 43.1. The third kappa shape index (κ3) is 14.1. The van der Waals surface area contributed by atoms with Crippen LogP contribution in [-0.4, -0.2) is 144 Å². The zero-order valence-corrected chi connectivity index (χ0v) is 33.6. The van der Waals surface area contributed by atoms with Crippen molar-refractivity contribution >= 4 is 75.8 Å². The number of anilines is 1. The smallest absolute Gasteiger partial charge is 0.481 e. The molecule has 1 saturated heterocycles. The van der Waals surface area contributed by atoms with Crippen LogP contribution in [0.3, 0.4) is 0 Å². The van der Waals surface area contributed by atoms with Gasteiger partial charge in [-0.1, -0.05) is 13.8 Å². The molecule has 57 heavy (non-hydrogen) atoms. The molecule has 4 unspecified atom stereocenters. The molecule has 27 nitrogen and oxygen atoms in total. The molecule has 3 heterocycles. The van der Waals surface area contributed by atoms with E-state index in [4.69, 9.17) is 24.6 Å². The number of aliphatic hydroxyl groups excluding tert-OH is 2. The van der Waals surface area contributed by atoms with Crippen LogP contribution in [0.15, 0.2) is 12.7 Å². The van der Waals surface area contributed by atoms with Crippen LogP contribution in [0.1, 0.15) is 39.8 Å². The molecular formula is C26H42N7O20P3S. The molecule has 2 aromatic rings. The van der Waals surface area contributed by atoms with E-state index in [0.29, 0.717) is 11.8 Å². The molecule has 0 aliphatic carbocycles. The third-order valence-electron chi connectivity index (χ3n) is 7.78. The number of nitrogens with one attached hydrogen (secondary N) is 2. The van der Waals surface area contributed by atoms with Crippen molar-refractivity contribution in [1.29, 1.82) is 0 Å². The molecule has 12 N–H and O–H groups in total. The van der Waals surface area contributed by atoms with Crippen molar-refractivity contribution in [2.75, 3.05) is 37.8 Å². The molecule has 322 valence electrons. The normalized spacial score (nSPS) is 22.6. The maximum atomic E-state index is 12.7. The molecule has 8 atom stereocenters. The number of Topliss-reactive ketones (excluding diaryl/α,β-unsaturated/α-hetero) is 1. The molecule has 2 amide bonds. The van der Waals surface area contributed by atoms with Crippen molar-refractivity contribution in [3.05, 3.63) is 12.7 Å². The average molecular weight is 898 g/mol. The predicted molar refractivity (Wildman–Crippen MR) is 190 cm³/mol.